The summed E-state index contributed by atoms with van der Waals surface area (Å²) in [6.45, 7) is 3.76. The molecule has 1 aromatic carbocycles. The number of halogens is 2. The molecule has 0 unspecified atom stereocenters. The number of hydrogen-bond acceptors (Lipinski definition) is 2. The second-order valence-electron chi connectivity index (χ2n) is 5.46. The highest BCUT2D eigenvalue weighted by molar-refractivity contribution is 5.74. The Bertz CT molecular complexity index is 497. The van der Waals surface area contributed by atoms with Crippen molar-refractivity contribution >= 4 is 5.97 Å². The molecular formula is C15H19F2NO2. The zero-order valence-electron chi connectivity index (χ0n) is 11.5. The summed E-state index contributed by atoms with van der Waals surface area (Å²) in [4.78, 5) is 13.4. The molecule has 5 heteroatoms. The van der Waals surface area contributed by atoms with E-state index in [0.29, 0.717) is 44.5 Å². The van der Waals surface area contributed by atoms with Gasteiger partial charge in [0.15, 0.2) is 11.6 Å². The number of piperidine rings is 1. The van der Waals surface area contributed by atoms with Gasteiger partial charge in [-0.05, 0) is 50.0 Å². The molecule has 0 radical (unpaired) electrons. The molecule has 20 heavy (non-hydrogen) atoms. The van der Waals surface area contributed by atoms with E-state index in [0.717, 1.165) is 6.07 Å². The number of likely N-dealkylation sites (tertiary alicyclic amines) is 1. The Kier molecular flexibility index (Phi) is 4.38. The van der Waals surface area contributed by atoms with E-state index in [-0.39, 0.29) is 0 Å². The molecule has 1 aliphatic rings. The molecule has 1 heterocycles. The summed E-state index contributed by atoms with van der Waals surface area (Å²) in [5.41, 5.74) is 0.0908. The summed E-state index contributed by atoms with van der Waals surface area (Å²) in [6.07, 6.45) is 1.83. The lowest BCUT2D eigenvalue weighted by Crippen LogP contribution is -2.43. The third kappa shape index (κ3) is 2.98. The molecule has 0 bridgehead atoms. The van der Waals surface area contributed by atoms with Crippen molar-refractivity contribution in [2.75, 3.05) is 13.1 Å². The minimum atomic E-state index is -0.844. The highest BCUT2D eigenvalue weighted by atomic mass is 19.2. The molecule has 1 N–H and O–H groups in total. The van der Waals surface area contributed by atoms with Crippen LogP contribution in [0.4, 0.5) is 8.78 Å². The molecule has 1 aliphatic heterocycles. The first-order valence-corrected chi connectivity index (χ1v) is 6.86. The van der Waals surface area contributed by atoms with Gasteiger partial charge in [0.2, 0.25) is 0 Å². The van der Waals surface area contributed by atoms with Gasteiger partial charge in [0, 0.05) is 6.54 Å². The molecule has 1 saturated heterocycles. The normalized spacial score (nSPS) is 18.9. The molecule has 1 aromatic rings. The van der Waals surface area contributed by atoms with Crippen LogP contribution in [0.2, 0.25) is 0 Å². The summed E-state index contributed by atoms with van der Waals surface area (Å²) in [7, 11) is 0. The molecule has 0 aromatic heterocycles. The Morgan fingerprint density at radius 1 is 1.30 bits per heavy atom. The molecule has 0 spiro atoms. The minimum Gasteiger partial charge on any atom is -0.481 e. The van der Waals surface area contributed by atoms with Crippen molar-refractivity contribution in [3.8, 4) is 0 Å². The Labute approximate surface area is 117 Å². The maximum absolute atomic E-state index is 13.1. The minimum absolute atomic E-state index is 0.524. The number of carboxylic acid groups (broad SMARTS) is 1. The van der Waals surface area contributed by atoms with Crippen LogP contribution in [-0.4, -0.2) is 29.1 Å². The van der Waals surface area contributed by atoms with E-state index in [9.17, 15) is 18.7 Å². The highest BCUT2D eigenvalue weighted by Gasteiger charge is 2.39. The van der Waals surface area contributed by atoms with Crippen LogP contribution in [0.1, 0.15) is 31.7 Å². The molecule has 0 atom stereocenters. The molecule has 3 nitrogen and oxygen atoms in total. The van der Waals surface area contributed by atoms with Gasteiger partial charge in [-0.1, -0.05) is 13.0 Å². The fraction of sp³-hybridized carbons (Fsp3) is 0.533. The van der Waals surface area contributed by atoms with Crippen LogP contribution >= 0.6 is 0 Å². The molecule has 1 fully saturated rings. The standard InChI is InChI=1S/C15H19F2NO2/c1-2-15(14(19)20)5-7-18(8-6-15)10-11-3-4-12(16)13(17)9-11/h3-4,9H,2,5-8,10H2,1H3,(H,19,20). The second kappa shape index (κ2) is 5.87. The van der Waals surface area contributed by atoms with Gasteiger partial charge in [-0.15, -0.1) is 0 Å². The number of carbonyl (C=O) groups is 1. The number of carboxylic acids is 1. The fourth-order valence-corrected chi connectivity index (χ4v) is 2.75. The smallest absolute Gasteiger partial charge is 0.309 e. The van der Waals surface area contributed by atoms with E-state index in [2.05, 4.69) is 4.90 Å². The summed E-state index contributed by atoms with van der Waals surface area (Å²) in [5.74, 6) is -2.41. The van der Waals surface area contributed by atoms with E-state index in [1.54, 1.807) is 6.07 Å². The van der Waals surface area contributed by atoms with Crippen LogP contribution in [0.15, 0.2) is 18.2 Å². The van der Waals surface area contributed by atoms with Crippen molar-refractivity contribution in [2.45, 2.75) is 32.7 Å². The van der Waals surface area contributed by atoms with Gasteiger partial charge >= 0.3 is 5.97 Å². The topological polar surface area (TPSA) is 40.5 Å². The quantitative estimate of drug-likeness (QED) is 0.923. The maximum atomic E-state index is 13.1. The summed E-state index contributed by atoms with van der Waals surface area (Å²) >= 11 is 0. The Morgan fingerprint density at radius 3 is 2.45 bits per heavy atom. The van der Waals surface area contributed by atoms with E-state index in [1.165, 1.54) is 6.07 Å². The van der Waals surface area contributed by atoms with Crippen molar-refractivity contribution in [1.82, 2.24) is 4.90 Å². The Hall–Kier alpha value is -1.49. The first-order chi connectivity index (χ1) is 9.47. The largest absolute Gasteiger partial charge is 0.481 e. The van der Waals surface area contributed by atoms with E-state index >= 15 is 0 Å². The molecular weight excluding hydrogens is 264 g/mol. The van der Waals surface area contributed by atoms with Crippen LogP contribution in [0.25, 0.3) is 0 Å². The van der Waals surface area contributed by atoms with Gasteiger partial charge in [0.1, 0.15) is 0 Å². The van der Waals surface area contributed by atoms with Crippen molar-refractivity contribution < 1.29 is 18.7 Å². The Morgan fingerprint density at radius 2 is 1.95 bits per heavy atom. The molecule has 0 aliphatic carbocycles. The summed E-state index contributed by atoms with van der Waals surface area (Å²) in [6, 6.07) is 3.90. The van der Waals surface area contributed by atoms with Crippen LogP contribution < -0.4 is 0 Å². The number of hydrogen-bond donors (Lipinski definition) is 1. The third-order valence-electron chi connectivity index (χ3n) is 4.33. The zero-order chi connectivity index (χ0) is 14.8. The maximum Gasteiger partial charge on any atom is 0.309 e. The molecule has 110 valence electrons. The average molecular weight is 283 g/mol. The van der Waals surface area contributed by atoms with Gasteiger partial charge in [0.25, 0.3) is 0 Å². The number of nitrogens with zero attached hydrogens (tertiary/aromatic N) is 1. The van der Waals surface area contributed by atoms with Gasteiger partial charge in [-0.25, -0.2) is 8.78 Å². The predicted octanol–water partition coefficient (Wildman–Crippen LogP) is 3.04. The highest BCUT2D eigenvalue weighted by Crippen LogP contribution is 2.35. The van der Waals surface area contributed by atoms with Gasteiger partial charge in [-0.2, -0.15) is 0 Å². The fourth-order valence-electron chi connectivity index (χ4n) is 2.75. The SMILES string of the molecule is CCC1(C(=O)O)CCN(Cc2ccc(F)c(F)c2)CC1. The van der Waals surface area contributed by atoms with Crippen LogP contribution in [0.5, 0.6) is 0 Å². The van der Waals surface area contributed by atoms with Gasteiger partial charge in [-0.3, -0.25) is 9.69 Å². The average Bonchev–Trinajstić information content (AvgIpc) is 2.44. The third-order valence-corrected chi connectivity index (χ3v) is 4.33. The molecule has 0 saturated carbocycles. The van der Waals surface area contributed by atoms with Gasteiger partial charge in [0.05, 0.1) is 5.41 Å². The monoisotopic (exact) mass is 283 g/mol. The molecule has 0 amide bonds. The first-order valence-electron chi connectivity index (χ1n) is 6.86. The van der Waals surface area contributed by atoms with Crippen molar-refractivity contribution in [3.63, 3.8) is 0 Å². The predicted molar refractivity (Wildman–Crippen MR) is 71.2 cm³/mol. The van der Waals surface area contributed by atoms with Gasteiger partial charge < -0.3 is 5.11 Å². The summed E-state index contributed by atoms with van der Waals surface area (Å²) in [5, 5.41) is 9.32. The summed E-state index contributed by atoms with van der Waals surface area (Å²) < 4.78 is 26.0. The zero-order valence-corrected chi connectivity index (χ0v) is 11.5. The second-order valence-corrected chi connectivity index (χ2v) is 5.46. The van der Waals surface area contributed by atoms with E-state index < -0.39 is 23.0 Å². The first kappa shape index (κ1) is 14.9. The number of aliphatic carboxylic acids is 1. The van der Waals surface area contributed by atoms with Crippen molar-refractivity contribution in [1.29, 1.82) is 0 Å². The lowest BCUT2D eigenvalue weighted by Gasteiger charge is -2.38. The van der Waals surface area contributed by atoms with Crippen LogP contribution in [0, 0.1) is 17.0 Å². The van der Waals surface area contributed by atoms with Crippen molar-refractivity contribution in [3.05, 3.63) is 35.4 Å². The Balaban J connectivity index is 1.97. The van der Waals surface area contributed by atoms with E-state index in [4.69, 9.17) is 0 Å². The number of benzene rings is 1. The van der Waals surface area contributed by atoms with E-state index in [1.807, 2.05) is 6.92 Å². The van der Waals surface area contributed by atoms with Crippen LogP contribution in [-0.2, 0) is 11.3 Å². The number of rotatable bonds is 4. The molecule has 2 rings (SSSR count). The van der Waals surface area contributed by atoms with Crippen LogP contribution in [0.3, 0.4) is 0 Å². The lowest BCUT2D eigenvalue weighted by molar-refractivity contribution is -0.152. The lowest BCUT2D eigenvalue weighted by atomic mass is 9.76. The van der Waals surface area contributed by atoms with Crippen molar-refractivity contribution in [2.24, 2.45) is 5.41 Å².